The summed E-state index contributed by atoms with van der Waals surface area (Å²) in [5, 5.41) is 0.881. The van der Waals surface area contributed by atoms with Gasteiger partial charge in [0.05, 0.1) is 11.3 Å². The largest absolute Gasteiger partial charge is 0.321 e. The van der Waals surface area contributed by atoms with Crippen LogP contribution >= 0.6 is 0 Å². The van der Waals surface area contributed by atoms with Crippen molar-refractivity contribution in [1.29, 1.82) is 0 Å². The summed E-state index contributed by atoms with van der Waals surface area (Å²) in [6.45, 7) is 1.88. The van der Waals surface area contributed by atoms with Crippen LogP contribution in [-0.4, -0.2) is 13.4 Å². The third kappa shape index (κ3) is 3.72. The first kappa shape index (κ1) is 16.4. The van der Waals surface area contributed by atoms with Crippen molar-refractivity contribution in [3.05, 3.63) is 81.6 Å². The Morgan fingerprint density at radius 2 is 1.79 bits per heavy atom. The summed E-state index contributed by atoms with van der Waals surface area (Å²) in [7, 11) is -3.51. The van der Waals surface area contributed by atoms with Gasteiger partial charge in [-0.15, -0.1) is 0 Å². The first-order chi connectivity index (χ1) is 11.4. The standard InChI is InChI=1S/C18H18N2O3S/c1-13-6-5-9-15-10-16(18(21)20-17(13)15)11-19-24(22,23)12-14-7-3-2-4-8-14/h2-10,19H,11-12H2,1H3,(H,20,21). The van der Waals surface area contributed by atoms with Crippen LogP contribution in [0, 0.1) is 6.92 Å². The Balaban J connectivity index is 1.80. The zero-order chi connectivity index (χ0) is 17.2. The van der Waals surface area contributed by atoms with Crippen LogP contribution in [0.3, 0.4) is 0 Å². The molecule has 0 atom stereocenters. The summed E-state index contributed by atoms with van der Waals surface area (Å²) in [6.07, 6.45) is 0. The summed E-state index contributed by atoms with van der Waals surface area (Å²) < 4.78 is 26.9. The molecule has 0 saturated heterocycles. The smallest absolute Gasteiger partial charge is 0.252 e. The van der Waals surface area contributed by atoms with Crippen molar-refractivity contribution in [2.24, 2.45) is 0 Å². The third-order valence-electron chi connectivity index (χ3n) is 3.85. The molecular formula is C18H18N2O3S. The summed E-state index contributed by atoms with van der Waals surface area (Å²) >= 11 is 0. The number of H-pyrrole nitrogens is 1. The Morgan fingerprint density at radius 1 is 1.04 bits per heavy atom. The number of hydrogen-bond acceptors (Lipinski definition) is 3. The molecule has 124 valence electrons. The first-order valence-corrected chi connectivity index (χ1v) is 9.23. The molecule has 0 fully saturated rings. The lowest BCUT2D eigenvalue weighted by atomic mass is 10.1. The van der Waals surface area contributed by atoms with Gasteiger partial charge in [-0.25, -0.2) is 13.1 Å². The van der Waals surface area contributed by atoms with E-state index in [4.69, 9.17) is 0 Å². The zero-order valence-electron chi connectivity index (χ0n) is 13.2. The van der Waals surface area contributed by atoms with E-state index in [0.29, 0.717) is 11.1 Å². The molecule has 0 bridgehead atoms. The molecule has 0 aliphatic rings. The van der Waals surface area contributed by atoms with E-state index >= 15 is 0 Å². The fraction of sp³-hybridized carbons (Fsp3) is 0.167. The topological polar surface area (TPSA) is 79.0 Å². The third-order valence-corrected chi connectivity index (χ3v) is 5.14. The number of benzene rings is 2. The van der Waals surface area contributed by atoms with Gasteiger partial charge in [0.2, 0.25) is 10.0 Å². The number of rotatable bonds is 5. The van der Waals surface area contributed by atoms with Crippen molar-refractivity contribution in [2.45, 2.75) is 19.2 Å². The van der Waals surface area contributed by atoms with Gasteiger partial charge >= 0.3 is 0 Å². The van der Waals surface area contributed by atoms with Gasteiger partial charge < -0.3 is 4.98 Å². The van der Waals surface area contributed by atoms with Crippen molar-refractivity contribution in [1.82, 2.24) is 9.71 Å². The lowest BCUT2D eigenvalue weighted by molar-refractivity contribution is 0.580. The number of hydrogen-bond donors (Lipinski definition) is 2. The first-order valence-electron chi connectivity index (χ1n) is 7.57. The molecule has 3 rings (SSSR count). The van der Waals surface area contributed by atoms with Crippen LogP contribution < -0.4 is 10.3 Å². The van der Waals surface area contributed by atoms with E-state index in [1.165, 1.54) is 0 Å². The summed E-state index contributed by atoms with van der Waals surface area (Å²) in [4.78, 5) is 15.0. The van der Waals surface area contributed by atoms with Crippen molar-refractivity contribution >= 4 is 20.9 Å². The Bertz CT molecular complexity index is 1030. The van der Waals surface area contributed by atoms with Crippen molar-refractivity contribution < 1.29 is 8.42 Å². The molecule has 0 aliphatic heterocycles. The Labute approximate surface area is 140 Å². The minimum absolute atomic E-state index is 0.0334. The maximum Gasteiger partial charge on any atom is 0.252 e. The number of aromatic nitrogens is 1. The van der Waals surface area contributed by atoms with Gasteiger partial charge in [0.15, 0.2) is 0 Å². The molecule has 1 aromatic heterocycles. The van der Waals surface area contributed by atoms with Gasteiger partial charge in [0, 0.05) is 12.1 Å². The highest BCUT2D eigenvalue weighted by Crippen LogP contribution is 2.15. The minimum Gasteiger partial charge on any atom is -0.321 e. The van der Waals surface area contributed by atoms with Crippen molar-refractivity contribution in [2.75, 3.05) is 0 Å². The molecule has 0 saturated carbocycles. The van der Waals surface area contributed by atoms with Crippen LogP contribution in [0.15, 0.2) is 59.4 Å². The van der Waals surface area contributed by atoms with Crippen LogP contribution in [0.2, 0.25) is 0 Å². The highest BCUT2D eigenvalue weighted by atomic mass is 32.2. The fourth-order valence-electron chi connectivity index (χ4n) is 2.59. The van der Waals surface area contributed by atoms with Gasteiger partial charge in [-0.2, -0.15) is 0 Å². The van der Waals surface area contributed by atoms with Crippen molar-refractivity contribution in [3.63, 3.8) is 0 Å². The Kier molecular flexibility index (Phi) is 4.51. The minimum atomic E-state index is -3.51. The molecular weight excluding hydrogens is 324 g/mol. The van der Waals surface area contributed by atoms with Crippen LogP contribution in [0.5, 0.6) is 0 Å². The normalized spacial score (nSPS) is 11.7. The molecule has 3 aromatic rings. The molecule has 0 unspecified atom stereocenters. The van der Waals surface area contributed by atoms with Gasteiger partial charge in [-0.3, -0.25) is 4.79 Å². The second-order valence-corrected chi connectivity index (χ2v) is 7.54. The van der Waals surface area contributed by atoms with Gasteiger partial charge in [0.1, 0.15) is 0 Å². The highest BCUT2D eigenvalue weighted by Gasteiger charge is 2.13. The van der Waals surface area contributed by atoms with Gasteiger partial charge in [-0.1, -0.05) is 48.5 Å². The van der Waals surface area contributed by atoms with Crippen LogP contribution in [-0.2, 0) is 22.3 Å². The molecule has 0 aliphatic carbocycles. The number of aromatic amines is 1. The quantitative estimate of drug-likeness (QED) is 0.747. The molecule has 0 amide bonds. The number of pyridine rings is 1. The Morgan fingerprint density at radius 3 is 2.54 bits per heavy atom. The number of aryl methyl sites for hydroxylation is 1. The molecule has 0 radical (unpaired) electrons. The SMILES string of the molecule is Cc1cccc2cc(CNS(=O)(=O)Cc3ccccc3)c(=O)[nH]c12. The number of nitrogens with one attached hydrogen (secondary N) is 2. The summed E-state index contributed by atoms with van der Waals surface area (Å²) in [6, 6.07) is 16.4. The molecule has 24 heavy (non-hydrogen) atoms. The second kappa shape index (κ2) is 6.59. The molecule has 0 spiro atoms. The molecule has 1 heterocycles. The van der Waals surface area contributed by atoms with E-state index in [9.17, 15) is 13.2 Å². The van der Waals surface area contributed by atoms with Crippen LogP contribution in [0.4, 0.5) is 0 Å². The fourth-order valence-corrected chi connectivity index (χ4v) is 3.70. The monoisotopic (exact) mass is 342 g/mol. The lowest BCUT2D eigenvalue weighted by Crippen LogP contribution is -2.28. The van der Waals surface area contributed by atoms with Gasteiger partial charge in [-0.05, 0) is 29.5 Å². The molecule has 6 heteroatoms. The average Bonchev–Trinajstić information content (AvgIpc) is 2.54. The predicted octanol–water partition coefficient (Wildman–Crippen LogP) is 2.46. The molecule has 2 N–H and O–H groups in total. The summed E-state index contributed by atoms with van der Waals surface area (Å²) in [5.41, 5.74) is 2.57. The van der Waals surface area contributed by atoms with E-state index in [2.05, 4.69) is 9.71 Å². The molecule has 2 aromatic carbocycles. The van der Waals surface area contributed by atoms with E-state index in [1.807, 2.05) is 31.2 Å². The van der Waals surface area contributed by atoms with Crippen LogP contribution in [0.1, 0.15) is 16.7 Å². The number of para-hydroxylation sites is 1. The Hall–Kier alpha value is -2.44. The summed E-state index contributed by atoms with van der Waals surface area (Å²) in [5.74, 6) is -0.113. The lowest BCUT2D eigenvalue weighted by Gasteiger charge is -2.08. The second-order valence-electron chi connectivity index (χ2n) is 5.73. The maximum absolute atomic E-state index is 12.2. The predicted molar refractivity (Wildman–Crippen MR) is 95.2 cm³/mol. The van der Waals surface area contributed by atoms with E-state index in [0.717, 1.165) is 16.5 Å². The highest BCUT2D eigenvalue weighted by molar-refractivity contribution is 7.88. The molecule has 5 nitrogen and oxygen atoms in total. The van der Waals surface area contributed by atoms with E-state index in [-0.39, 0.29) is 17.9 Å². The van der Waals surface area contributed by atoms with E-state index in [1.54, 1.807) is 30.3 Å². The van der Waals surface area contributed by atoms with Crippen LogP contribution in [0.25, 0.3) is 10.9 Å². The van der Waals surface area contributed by atoms with Gasteiger partial charge in [0.25, 0.3) is 5.56 Å². The number of sulfonamides is 1. The zero-order valence-corrected chi connectivity index (χ0v) is 14.1. The number of fused-ring (bicyclic) bond motifs is 1. The van der Waals surface area contributed by atoms with E-state index < -0.39 is 10.0 Å². The van der Waals surface area contributed by atoms with Crippen molar-refractivity contribution in [3.8, 4) is 0 Å². The maximum atomic E-state index is 12.2. The average molecular weight is 342 g/mol.